The van der Waals surface area contributed by atoms with Gasteiger partial charge in [0.05, 0.1) is 10.6 Å². The fourth-order valence-corrected chi connectivity index (χ4v) is 6.71. The molecule has 1 amide bonds. The number of unbranched alkanes of at least 4 members (excludes halogenated alkanes) is 2. The average molecular weight is 526 g/mol. The lowest BCUT2D eigenvalue weighted by atomic mass is 9.90. The molecule has 1 aliphatic carbocycles. The van der Waals surface area contributed by atoms with Gasteiger partial charge in [-0.05, 0) is 80.0 Å². The first-order valence-corrected chi connectivity index (χ1v) is 15.2. The second kappa shape index (κ2) is 12.1. The van der Waals surface area contributed by atoms with Gasteiger partial charge >= 0.3 is 0 Å². The standard InChI is InChI=1S/C28H35N3O3S2/c1-3-5-17-31(18-6-4-2)36(33,34)25-15-13-22(14-16-25)27(32)30-28-29-26(20-35-28)24-12-11-21-9-7-8-10-23(21)19-24/h11-16,19-20H,3-10,17-18H2,1-2H3,(H,29,30,32). The van der Waals surface area contributed by atoms with Crippen LogP contribution in [0, 0.1) is 0 Å². The van der Waals surface area contributed by atoms with Crippen molar-refractivity contribution in [2.24, 2.45) is 0 Å². The van der Waals surface area contributed by atoms with E-state index >= 15 is 0 Å². The second-order valence-corrected chi connectivity index (χ2v) is 12.1. The number of nitrogens with one attached hydrogen (secondary N) is 1. The van der Waals surface area contributed by atoms with Gasteiger partial charge in [0.1, 0.15) is 0 Å². The van der Waals surface area contributed by atoms with Crippen LogP contribution in [0.3, 0.4) is 0 Å². The van der Waals surface area contributed by atoms with E-state index in [1.165, 1.54) is 47.4 Å². The van der Waals surface area contributed by atoms with E-state index in [1.54, 1.807) is 16.4 Å². The number of aryl methyl sites for hydroxylation is 2. The quantitative estimate of drug-likeness (QED) is 0.309. The van der Waals surface area contributed by atoms with E-state index in [0.717, 1.165) is 49.8 Å². The number of sulfonamides is 1. The van der Waals surface area contributed by atoms with Crippen LogP contribution in [0.5, 0.6) is 0 Å². The Morgan fingerprint density at radius 1 is 0.972 bits per heavy atom. The number of fused-ring (bicyclic) bond motifs is 1. The maximum absolute atomic E-state index is 13.2. The molecule has 0 bridgehead atoms. The monoisotopic (exact) mass is 525 g/mol. The zero-order valence-corrected chi connectivity index (χ0v) is 22.8. The molecule has 1 heterocycles. The molecule has 2 aromatic carbocycles. The minimum absolute atomic E-state index is 0.218. The van der Waals surface area contributed by atoms with Gasteiger partial charge in [-0.2, -0.15) is 4.31 Å². The molecule has 6 nitrogen and oxygen atoms in total. The second-order valence-electron chi connectivity index (χ2n) is 9.32. The number of anilines is 1. The number of benzene rings is 2. The van der Waals surface area contributed by atoms with E-state index in [4.69, 9.17) is 0 Å². The molecule has 8 heteroatoms. The molecular formula is C28H35N3O3S2. The molecule has 1 aliphatic rings. The molecule has 36 heavy (non-hydrogen) atoms. The third-order valence-electron chi connectivity index (χ3n) is 6.65. The summed E-state index contributed by atoms with van der Waals surface area (Å²) in [5.41, 5.74) is 5.14. The van der Waals surface area contributed by atoms with Crippen molar-refractivity contribution in [2.45, 2.75) is 70.1 Å². The van der Waals surface area contributed by atoms with Gasteiger partial charge in [-0.3, -0.25) is 10.1 Å². The number of hydrogen-bond donors (Lipinski definition) is 1. The molecule has 1 N–H and O–H groups in total. The summed E-state index contributed by atoms with van der Waals surface area (Å²) < 4.78 is 27.9. The minimum Gasteiger partial charge on any atom is -0.298 e. The SMILES string of the molecule is CCCCN(CCCC)S(=O)(=O)c1ccc(C(=O)Nc2nc(-c3ccc4c(c3)CCCC4)cs2)cc1. The number of aromatic nitrogens is 1. The van der Waals surface area contributed by atoms with Crippen LogP contribution in [0.1, 0.15) is 73.9 Å². The number of carbonyl (C=O) groups excluding carboxylic acids is 1. The van der Waals surface area contributed by atoms with Crippen molar-refractivity contribution in [1.82, 2.24) is 9.29 Å². The van der Waals surface area contributed by atoms with E-state index in [-0.39, 0.29) is 10.8 Å². The molecule has 0 radical (unpaired) electrons. The number of carbonyl (C=O) groups is 1. The molecule has 0 saturated carbocycles. The summed E-state index contributed by atoms with van der Waals surface area (Å²) in [6, 6.07) is 12.7. The third kappa shape index (κ3) is 6.22. The van der Waals surface area contributed by atoms with Gasteiger partial charge in [-0.25, -0.2) is 13.4 Å². The number of nitrogens with zero attached hydrogens (tertiary/aromatic N) is 2. The van der Waals surface area contributed by atoms with E-state index in [0.29, 0.717) is 23.8 Å². The zero-order valence-electron chi connectivity index (χ0n) is 21.1. The molecule has 192 valence electrons. The van der Waals surface area contributed by atoms with Gasteiger partial charge in [0.25, 0.3) is 5.91 Å². The van der Waals surface area contributed by atoms with Crippen molar-refractivity contribution < 1.29 is 13.2 Å². The van der Waals surface area contributed by atoms with Gasteiger partial charge in [0.15, 0.2) is 5.13 Å². The Balaban J connectivity index is 1.43. The predicted molar refractivity (Wildman–Crippen MR) is 147 cm³/mol. The first-order chi connectivity index (χ1) is 17.4. The van der Waals surface area contributed by atoms with Crippen molar-refractivity contribution in [1.29, 1.82) is 0 Å². The zero-order chi connectivity index (χ0) is 25.5. The number of amides is 1. The smallest absolute Gasteiger partial charge is 0.257 e. The molecule has 1 aromatic heterocycles. The Morgan fingerprint density at radius 2 is 1.64 bits per heavy atom. The van der Waals surface area contributed by atoms with Crippen molar-refractivity contribution in [3.05, 3.63) is 64.5 Å². The van der Waals surface area contributed by atoms with Crippen molar-refractivity contribution in [3.8, 4) is 11.3 Å². The average Bonchev–Trinajstić information content (AvgIpc) is 3.37. The molecule has 0 atom stereocenters. The van der Waals surface area contributed by atoms with Gasteiger partial charge in [0.2, 0.25) is 10.0 Å². The topological polar surface area (TPSA) is 79.4 Å². The molecule has 0 fully saturated rings. The highest BCUT2D eigenvalue weighted by Gasteiger charge is 2.24. The Kier molecular flexibility index (Phi) is 8.93. The Bertz CT molecular complexity index is 1280. The first kappa shape index (κ1) is 26.5. The lowest BCUT2D eigenvalue weighted by Crippen LogP contribution is -2.33. The Labute approximate surface area is 218 Å². The van der Waals surface area contributed by atoms with Crippen molar-refractivity contribution >= 4 is 32.4 Å². The van der Waals surface area contributed by atoms with Gasteiger partial charge in [0, 0.05) is 29.6 Å². The maximum Gasteiger partial charge on any atom is 0.257 e. The molecule has 0 saturated heterocycles. The molecule has 4 rings (SSSR count). The lowest BCUT2D eigenvalue weighted by Gasteiger charge is -2.22. The maximum atomic E-state index is 13.2. The first-order valence-electron chi connectivity index (χ1n) is 12.9. The fourth-order valence-electron chi connectivity index (χ4n) is 4.47. The largest absolute Gasteiger partial charge is 0.298 e. The lowest BCUT2D eigenvalue weighted by molar-refractivity contribution is 0.102. The number of thiazole rings is 1. The van der Waals surface area contributed by atoms with E-state index < -0.39 is 10.0 Å². The molecule has 0 spiro atoms. The summed E-state index contributed by atoms with van der Waals surface area (Å²) in [5, 5.41) is 5.33. The van der Waals surface area contributed by atoms with E-state index in [9.17, 15) is 13.2 Å². The van der Waals surface area contributed by atoms with Crippen molar-refractivity contribution in [2.75, 3.05) is 18.4 Å². The van der Waals surface area contributed by atoms with Gasteiger partial charge in [-0.1, -0.05) is 38.8 Å². The normalized spacial score (nSPS) is 13.5. The van der Waals surface area contributed by atoms with Crippen LogP contribution >= 0.6 is 11.3 Å². The van der Waals surface area contributed by atoms with Crippen LogP contribution in [0.2, 0.25) is 0 Å². The van der Waals surface area contributed by atoms with Crippen LogP contribution < -0.4 is 5.32 Å². The van der Waals surface area contributed by atoms with Crippen LogP contribution in [0.4, 0.5) is 5.13 Å². The Morgan fingerprint density at radius 3 is 2.31 bits per heavy atom. The summed E-state index contributed by atoms with van der Waals surface area (Å²) >= 11 is 1.39. The highest BCUT2D eigenvalue weighted by molar-refractivity contribution is 7.89. The van der Waals surface area contributed by atoms with Crippen LogP contribution in [-0.4, -0.2) is 36.7 Å². The summed E-state index contributed by atoms with van der Waals surface area (Å²) in [6.07, 6.45) is 8.24. The summed E-state index contributed by atoms with van der Waals surface area (Å²) in [7, 11) is -3.59. The van der Waals surface area contributed by atoms with Gasteiger partial charge in [-0.15, -0.1) is 11.3 Å². The molecule has 3 aromatic rings. The summed E-state index contributed by atoms with van der Waals surface area (Å²) in [5.74, 6) is -0.306. The highest BCUT2D eigenvalue weighted by atomic mass is 32.2. The van der Waals surface area contributed by atoms with Gasteiger partial charge < -0.3 is 0 Å². The molecular weight excluding hydrogens is 490 g/mol. The minimum atomic E-state index is -3.59. The van der Waals surface area contributed by atoms with E-state index in [1.807, 2.05) is 5.38 Å². The fraction of sp³-hybridized carbons (Fsp3) is 0.429. The molecule has 0 unspecified atom stereocenters. The number of rotatable bonds is 11. The predicted octanol–water partition coefficient (Wildman–Crippen LogP) is 6.53. The van der Waals surface area contributed by atoms with Crippen LogP contribution in [0.15, 0.2) is 52.7 Å². The molecule has 0 aliphatic heterocycles. The van der Waals surface area contributed by atoms with E-state index in [2.05, 4.69) is 42.3 Å². The summed E-state index contributed by atoms with van der Waals surface area (Å²) in [4.78, 5) is 17.7. The number of hydrogen-bond acceptors (Lipinski definition) is 5. The van der Waals surface area contributed by atoms with Crippen molar-refractivity contribution in [3.63, 3.8) is 0 Å². The highest BCUT2D eigenvalue weighted by Crippen LogP contribution is 2.30. The van der Waals surface area contributed by atoms with Crippen LogP contribution in [0.25, 0.3) is 11.3 Å². The third-order valence-corrected chi connectivity index (χ3v) is 9.32. The van der Waals surface area contributed by atoms with Crippen LogP contribution in [-0.2, 0) is 22.9 Å². The Hall–Kier alpha value is -2.55. The summed E-state index contributed by atoms with van der Waals surface area (Å²) in [6.45, 7) is 5.13.